The second-order valence-corrected chi connectivity index (χ2v) is 5.73. The second-order valence-electron chi connectivity index (χ2n) is 5.73. The maximum atomic E-state index is 12.3. The molecular formula is C18H32Cl2N2O3. The molecule has 25 heavy (non-hydrogen) atoms. The van der Waals surface area contributed by atoms with E-state index in [4.69, 9.17) is 9.47 Å². The Kier molecular flexibility index (Phi) is 16.0. The minimum atomic E-state index is -0.314. The van der Waals surface area contributed by atoms with E-state index >= 15 is 0 Å². The van der Waals surface area contributed by atoms with Crippen molar-refractivity contribution in [1.82, 2.24) is 0 Å². The van der Waals surface area contributed by atoms with Crippen LogP contribution in [-0.4, -0.2) is 38.8 Å². The maximum Gasteiger partial charge on any atom is 0.341 e. The highest BCUT2D eigenvalue weighted by Gasteiger charge is 2.15. The minimum Gasteiger partial charge on any atom is -1.00 e. The van der Waals surface area contributed by atoms with Gasteiger partial charge in [0, 0.05) is 18.6 Å². The van der Waals surface area contributed by atoms with E-state index in [0.29, 0.717) is 24.5 Å². The molecule has 0 heterocycles. The lowest BCUT2D eigenvalue weighted by Crippen LogP contribution is -3.11. The zero-order valence-electron chi connectivity index (χ0n) is 15.6. The topological polar surface area (TPSA) is 67.6 Å². The van der Waals surface area contributed by atoms with Crippen molar-refractivity contribution in [2.75, 3.05) is 32.8 Å². The standard InChI is InChI=1S/C18H30N2O3.2ClH/c1-4-7-12-22-17-14-15(19)9-10-16(17)18(21)23-13-8-11-20(5-2)6-3;;/h9-10,14H,4-8,11-13,19H2,1-3H3;2*1H. The van der Waals surface area contributed by atoms with Gasteiger partial charge in [-0.3, -0.25) is 0 Å². The summed E-state index contributed by atoms with van der Waals surface area (Å²) in [5.41, 5.74) is 5.21. The number of carbonyl (C=O) groups excluding carboxylic acids is 1. The summed E-state index contributed by atoms with van der Waals surface area (Å²) in [6.07, 6.45) is 2.89. The zero-order valence-corrected chi connectivity index (χ0v) is 17.1. The number of carbonyl (C=O) groups is 1. The lowest BCUT2D eigenvalue weighted by atomic mass is 10.2. The van der Waals surface area contributed by atoms with Crippen LogP contribution in [0.25, 0.3) is 0 Å². The van der Waals surface area contributed by atoms with E-state index in [2.05, 4.69) is 26.5 Å². The molecule has 1 aromatic rings. The fraction of sp³-hybridized carbons (Fsp3) is 0.611. The Morgan fingerprint density at radius 2 is 1.76 bits per heavy atom. The Hall–Kier alpha value is -1.01. The number of unbranched alkanes of at least 4 members (excludes halogenated alkanes) is 1. The van der Waals surface area contributed by atoms with E-state index in [-0.39, 0.29) is 30.8 Å². The third-order valence-corrected chi connectivity index (χ3v) is 3.93. The lowest BCUT2D eigenvalue weighted by Gasteiger charge is -2.15. The molecule has 0 aliphatic carbocycles. The Morgan fingerprint density at radius 1 is 1.08 bits per heavy atom. The van der Waals surface area contributed by atoms with Crippen molar-refractivity contribution in [1.29, 1.82) is 0 Å². The van der Waals surface area contributed by atoms with Crippen molar-refractivity contribution in [2.45, 2.75) is 40.0 Å². The first kappa shape index (κ1) is 26.2. The molecule has 0 unspecified atom stereocenters. The van der Waals surface area contributed by atoms with Crippen LogP contribution in [-0.2, 0) is 4.74 Å². The number of nitrogens with one attached hydrogen (secondary N) is 1. The Labute approximate surface area is 164 Å². The molecule has 0 saturated carbocycles. The highest BCUT2D eigenvalue weighted by molar-refractivity contribution is 5.92. The zero-order chi connectivity index (χ0) is 17.1. The number of rotatable bonds is 11. The molecule has 0 saturated heterocycles. The molecule has 0 spiro atoms. The average Bonchev–Trinajstić information content (AvgIpc) is 2.55. The number of esters is 1. The van der Waals surface area contributed by atoms with E-state index in [9.17, 15) is 4.79 Å². The normalized spacial score (nSPS) is 9.96. The van der Waals surface area contributed by atoms with Crippen molar-refractivity contribution in [3.8, 4) is 5.75 Å². The van der Waals surface area contributed by atoms with Crippen molar-refractivity contribution < 1.29 is 49.7 Å². The highest BCUT2D eigenvalue weighted by Crippen LogP contribution is 2.22. The fourth-order valence-corrected chi connectivity index (χ4v) is 2.35. The van der Waals surface area contributed by atoms with Crippen LogP contribution in [0.1, 0.15) is 50.4 Å². The molecular weight excluding hydrogens is 363 g/mol. The predicted octanol–water partition coefficient (Wildman–Crippen LogP) is -4.78. The maximum absolute atomic E-state index is 12.3. The molecule has 0 amide bonds. The number of quaternary nitrogens is 2. The largest absolute Gasteiger partial charge is 1.00 e. The summed E-state index contributed by atoms with van der Waals surface area (Å²) in [7, 11) is 0. The molecule has 0 aliphatic rings. The smallest absolute Gasteiger partial charge is 0.341 e. The average molecular weight is 395 g/mol. The summed E-state index contributed by atoms with van der Waals surface area (Å²) < 4.78 is 11.1. The molecule has 0 radical (unpaired) electrons. The molecule has 0 fully saturated rings. The van der Waals surface area contributed by atoms with Crippen LogP contribution >= 0.6 is 0 Å². The summed E-state index contributed by atoms with van der Waals surface area (Å²) in [6.45, 7) is 10.7. The van der Waals surface area contributed by atoms with Crippen LogP contribution < -0.4 is 40.2 Å². The van der Waals surface area contributed by atoms with Crippen LogP contribution in [0.15, 0.2) is 18.2 Å². The first-order valence-electron chi connectivity index (χ1n) is 8.71. The molecule has 4 N–H and O–H groups in total. The van der Waals surface area contributed by atoms with E-state index in [1.165, 1.54) is 4.90 Å². The van der Waals surface area contributed by atoms with Gasteiger partial charge in [-0.2, -0.15) is 0 Å². The number of ether oxygens (including phenoxy) is 2. The number of hydrogen-bond acceptors (Lipinski definition) is 3. The van der Waals surface area contributed by atoms with Crippen molar-refractivity contribution in [3.63, 3.8) is 0 Å². The molecule has 1 rings (SSSR count). The number of hydrogen-bond donors (Lipinski definition) is 2. The molecule has 146 valence electrons. The van der Waals surface area contributed by atoms with Gasteiger partial charge in [-0.1, -0.05) is 13.3 Å². The van der Waals surface area contributed by atoms with Gasteiger partial charge in [-0.25, -0.2) is 4.79 Å². The van der Waals surface area contributed by atoms with E-state index in [1.54, 1.807) is 12.1 Å². The quantitative estimate of drug-likeness (QED) is 0.292. The fourth-order valence-electron chi connectivity index (χ4n) is 2.35. The molecule has 5 nitrogen and oxygen atoms in total. The Bertz CT molecular complexity index is 483. The summed E-state index contributed by atoms with van der Waals surface area (Å²) in [5.74, 6) is 0.261. The first-order chi connectivity index (χ1) is 11.1. The van der Waals surface area contributed by atoms with Crippen LogP contribution in [0.3, 0.4) is 0 Å². The van der Waals surface area contributed by atoms with Gasteiger partial charge in [0.2, 0.25) is 0 Å². The third-order valence-electron chi connectivity index (χ3n) is 3.93. The Balaban J connectivity index is 0. The highest BCUT2D eigenvalue weighted by atomic mass is 35.5. The minimum absolute atomic E-state index is 0. The van der Waals surface area contributed by atoms with Gasteiger partial charge in [0.1, 0.15) is 17.0 Å². The van der Waals surface area contributed by atoms with Gasteiger partial charge in [-0.15, -0.1) is 0 Å². The molecule has 0 atom stereocenters. The summed E-state index contributed by atoms with van der Waals surface area (Å²) in [6, 6.07) is 5.34. The van der Waals surface area contributed by atoms with Crippen LogP contribution in [0.2, 0.25) is 0 Å². The SMILES string of the molecule is CCCCOc1cc([NH3+])ccc1C(=O)OCCC[NH+](CC)CC.[Cl-].[Cl-]. The lowest BCUT2D eigenvalue weighted by molar-refractivity contribution is -0.896. The number of benzene rings is 1. The van der Waals surface area contributed by atoms with E-state index < -0.39 is 0 Å². The van der Waals surface area contributed by atoms with E-state index in [1.807, 2.05) is 6.07 Å². The van der Waals surface area contributed by atoms with Crippen LogP contribution in [0.4, 0.5) is 5.69 Å². The van der Waals surface area contributed by atoms with Crippen LogP contribution in [0.5, 0.6) is 5.75 Å². The molecule has 0 bridgehead atoms. The van der Waals surface area contributed by atoms with E-state index in [0.717, 1.165) is 44.6 Å². The summed E-state index contributed by atoms with van der Waals surface area (Å²) in [5, 5.41) is 0. The summed E-state index contributed by atoms with van der Waals surface area (Å²) in [4.78, 5) is 13.8. The second kappa shape index (κ2) is 15.3. The van der Waals surface area contributed by atoms with Crippen molar-refractivity contribution in [3.05, 3.63) is 23.8 Å². The first-order valence-corrected chi connectivity index (χ1v) is 8.71. The van der Waals surface area contributed by atoms with Gasteiger partial charge in [0.15, 0.2) is 0 Å². The molecule has 0 aromatic heterocycles. The van der Waals surface area contributed by atoms with Crippen molar-refractivity contribution >= 4 is 11.7 Å². The van der Waals surface area contributed by atoms with Gasteiger partial charge in [-0.05, 0) is 26.3 Å². The van der Waals surface area contributed by atoms with Gasteiger partial charge >= 0.3 is 5.97 Å². The number of halogens is 2. The molecule has 0 aliphatic heterocycles. The predicted molar refractivity (Wildman–Crippen MR) is 91.2 cm³/mol. The molecule has 1 aromatic carbocycles. The van der Waals surface area contributed by atoms with Crippen molar-refractivity contribution in [2.24, 2.45) is 0 Å². The van der Waals surface area contributed by atoms with Gasteiger partial charge < -0.3 is 44.9 Å². The van der Waals surface area contributed by atoms with Gasteiger partial charge in [0.25, 0.3) is 0 Å². The Morgan fingerprint density at radius 3 is 2.36 bits per heavy atom. The summed E-state index contributed by atoms with van der Waals surface area (Å²) >= 11 is 0. The molecule has 7 heteroatoms. The monoisotopic (exact) mass is 394 g/mol. The van der Waals surface area contributed by atoms with Crippen LogP contribution in [0, 0.1) is 0 Å². The third kappa shape index (κ3) is 9.90. The van der Waals surface area contributed by atoms with Gasteiger partial charge in [0.05, 0.1) is 32.8 Å².